The van der Waals surface area contributed by atoms with Crippen LogP contribution in [-0.2, 0) is 9.53 Å². The topological polar surface area (TPSA) is 102 Å². The molecule has 0 aliphatic carbocycles. The average Bonchev–Trinajstić information content (AvgIpc) is 2.99. The molecule has 1 aliphatic heterocycles. The maximum atomic E-state index is 12.4. The normalized spacial score (nSPS) is 16.5. The molecule has 2 aromatic carbocycles. The lowest BCUT2D eigenvalue weighted by Gasteiger charge is -2.03. The number of nitro benzene ring substituents is 1. The highest BCUT2D eigenvalue weighted by Crippen LogP contribution is 2.40. The van der Waals surface area contributed by atoms with Gasteiger partial charge in [-0.2, -0.15) is 0 Å². The third-order valence-electron chi connectivity index (χ3n) is 3.83. The lowest BCUT2D eigenvalue weighted by molar-refractivity contribution is -0.384. The Morgan fingerprint density at radius 3 is 2.48 bits per heavy atom. The first-order chi connectivity index (χ1) is 13.9. The van der Waals surface area contributed by atoms with Gasteiger partial charge in [0, 0.05) is 16.6 Å². The van der Waals surface area contributed by atoms with E-state index in [1.165, 1.54) is 24.3 Å². The van der Waals surface area contributed by atoms with Gasteiger partial charge in [0.15, 0.2) is 0 Å². The molecule has 0 spiro atoms. The van der Waals surface area contributed by atoms with Crippen LogP contribution in [0.25, 0.3) is 6.08 Å². The van der Waals surface area contributed by atoms with E-state index in [0.29, 0.717) is 10.6 Å². The molecular weight excluding hydrogens is 460 g/mol. The highest BCUT2D eigenvalue weighted by atomic mass is 79.9. The maximum Gasteiger partial charge on any atom is 0.344 e. The number of aliphatic hydroxyl groups excluding tert-OH is 1. The van der Waals surface area contributed by atoms with Crippen molar-refractivity contribution >= 4 is 56.2 Å². The predicted molar refractivity (Wildman–Crippen MR) is 116 cm³/mol. The monoisotopic (exact) mass is 474 g/mol. The number of hydrogen-bond donors (Lipinski definition) is 1. The Morgan fingerprint density at radius 1 is 1.24 bits per heavy atom. The van der Waals surface area contributed by atoms with Crippen molar-refractivity contribution < 1.29 is 19.6 Å². The molecule has 1 aliphatic rings. The zero-order valence-electron chi connectivity index (χ0n) is 15.2. The van der Waals surface area contributed by atoms with Gasteiger partial charge in [0.05, 0.1) is 22.1 Å². The summed E-state index contributed by atoms with van der Waals surface area (Å²) >= 11 is 4.50. The number of thioether (sulfide) groups is 1. The summed E-state index contributed by atoms with van der Waals surface area (Å²) < 4.78 is 5.98. The van der Waals surface area contributed by atoms with Crippen LogP contribution in [0.3, 0.4) is 0 Å². The van der Waals surface area contributed by atoms with Crippen LogP contribution in [0.2, 0.25) is 0 Å². The Morgan fingerprint density at radius 2 is 1.90 bits per heavy atom. The average molecular weight is 475 g/mol. The highest BCUT2D eigenvalue weighted by molar-refractivity contribution is 9.10. The van der Waals surface area contributed by atoms with E-state index in [4.69, 9.17) is 4.74 Å². The molecule has 0 fully saturated rings. The molecule has 0 aromatic heterocycles. The number of halogens is 1. The molecule has 0 saturated carbocycles. The molecule has 9 heteroatoms. The van der Waals surface area contributed by atoms with E-state index in [2.05, 4.69) is 20.9 Å². The lowest BCUT2D eigenvalue weighted by Crippen LogP contribution is -2.12. The van der Waals surface area contributed by atoms with Gasteiger partial charge in [-0.3, -0.25) is 10.1 Å². The van der Waals surface area contributed by atoms with Crippen molar-refractivity contribution in [1.29, 1.82) is 0 Å². The third-order valence-corrected chi connectivity index (χ3v) is 5.38. The number of aliphatic hydroxyl groups is 1. The van der Waals surface area contributed by atoms with Crippen LogP contribution in [0.15, 0.2) is 74.2 Å². The highest BCUT2D eigenvalue weighted by Gasteiger charge is 2.33. The SMILES string of the molecule is CCOC(=O)C1=C(O)/C(=C/c2ccc(Br)cc2)SC1=Nc1ccc([N+](=O)[O-])cc1. The van der Waals surface area contributed by atoms with Crippen molar-refractivity contribution in [3.05, 3.63) is 84.9 Å². The number of aliphatic imine (C=N–C) groups is 1. The summed E-state index contributed by atoms with van der Waals surface area (Å²) in [6, 6.07) is 13.1. The standard InChI is InChI=1S/C20H15BrN2O5S/c1-2-28-20(25)17-18(24)16(11-12-3-5-13(21)6-4-12)29-19(17)22-14-7-9-15(10-8-14)23(26)27/h3-11,24H,2H2,1H3/b16-11-,22-19?. The minimum atomic E-state index is -0.683. The van der Waals surface area contributed by atoms with Crippen molar-refractivity contribution in [3.8, 4) is 0 Å². The Bertz CT molecular complexity index is 1040. The van der Waals surface area contributed by atoms with E-state index < -0.39 is 10.9 Å². The summed E-state index contributed by atoms with van der Waals surface area (Å²) in [5.74, 6) is -0.894. The molecule has 29 heavy (non-hydrogen) atoms. The second-order valence-corrected chi connectivity index (χ2v) is 7.74. The second-order valence-electron chi connectivity index (χ2n) is 5.80. The van der Waals surface area contributed by atoms with Gasteiger partial charge in [-0.1, -0.05) is 39.8 Å². The molecule has 0 radical (unpaired) electrons. The largest absolute Gasteiger partial charge is 0.506 e. The van der Waals surface area contributed by atoms with E-state index in [-0.39, 0.29) is 28.7 Å². The molecule has 1 N–H and O–H groups in total. The minimum Gasteiger partial charge on any atom is -0.506 e. The minimum absolute atomic E-state index is 0.0291. The van der Waals surface area contributed by atoms with Gasteiger partial charge < -0.3 is 9.84 Å². The third kappa shape index (κ3) is 4.93. The van der Waals surface area contributed by atoms with Gasteiger partial charge in [-0.25, -0.2) is 9.79 Å². The van der Waals surface area contributed by atoms with Crippen LogP contribution >= 0.6 is 27.7 Å². The number of esters is 1. The Hall–Kier alpha value is -2.91. The molecular formula is C20H15BrN2O5S. The smallest absolute Gasteiger partial charge is 0.344 e. The fourth-order valence-electron chi connectivity index (χ4n) is 2.47. The number of nitro groups is 1. The van der Waals surface area contributed by atoms with Gasteiger partial charge in [0.2, 0.25) is 0 Å². The quantitative estimate of drug-likeness (QED) is 0.346. The Balaban J connectivity index is 2.00. The number of rotatable bonds is 5. The molecule has 3 rings (SSSR count). The first kappa shape index (κ1) is 20.8. The summed E-state index contributed by atoms with van der Waals surface area (Å²) in [4.78, 5) is 27.5. The van der Waals surface area contributed by atoms with Crippen LogP contribution < -0.4 is 0 Å². The van der Waals surface area contributed by atoms with Gasteiger partial charge in [-0.05, 0) is 42.8 Å². The van der Waals surface area contributed by atoms with Crippen molar-refractivity contribution in [2.45, 2.75) is 6.92 Å². The van der Waals surface area contributed by atoms with Crippen molar-refractivity contribution in [3.63, 3.8) is 0 Å². The van der Waals surface area contributed by atoms with Gasteiger partial charge in [-0.15, -0.1) is 0 Å². The summed E-state index contributed by atoms with van der Waals surface area (Å²) in [5, 5.41) is 21.7. The number of non-ortho nitro benzene ring substituents is 1. The number of carbonyl (C=O) groups excluding carboxylic acids is 1. The van der Waals surface area contributed by atoms with Crippen molar-refractivity contribution in [1.82, 2.24) is 0 Å². The molecule has 2 aromatic rings. The first-order valence-corrected chi connectivity index (χ1v) is 10.1. The Labute approximate surface area is 179 Å². The van der Waals surface area contributed by atoms with E-state index in [0.717, 1.165) is 21.8 Å². The predicted octanol–water partition coefficient (Wildman–Crippen LogP) is 5.55. The van der Waals surface area contributed by atoms with E-state index in [1.807, 2.05) is 24.3 Å². The molecule has 0 unspecified atom stereocenters. The molecule has 7 nitrogen and oxygen atoms in total. The van der Waals surface area contributed by atoms with Crippen LogP contribution in [0.5, 0.6) is 0 Å². The summed E-state index contributed by atoms with van der Waals surface area (Å²) in [5.41, 5.74) is 1.16. The fraction of sp³-hybridized carbons (Fsp3) is 0.100. The van der Waals surface area contributed by atoms with Gasteiger partial charge >= 0.3 is 5.97 Å². The second kappa shape index (κ2) is 9.06. The summed E-state index contributed by atoms with van der Waals surface area (Å²) in [7, 11) is 0. The molecule has 0 saturated heterocycles. The van der Waals surface area contributed by atoms with E-state index in [1.54, 1.807) is 13.0 Å². The summed E-state index contributed by atoms with van der Waals surface area (Å²) in [6.07, 6.45) is 1.74. The number of carbonyl (C=O) groups is 1. The van der Waals surface area contributed by atoms with Crippen molar-refractivity contribution in [2.24, 2.45) is 4.99 Å². The molecule has 0 bridgehead atoms. The molecule has 148 valence electrons. The first-order valence-electron chi connectivity index (χ1n) is 8.48. The van der Waals surface area contributed by atoms with E-state index in [9.17, 15) is 20.0 Å². The number of nitrogens with zero attached hydrogens (tertiary/aromatic N) is 2. The van der Waals surface area contributed by atoms with Gasteiger partial charge in [0.1, 0.15) is 16.4 Å². The lowest BCUT2D eigenvalue weighted by atomic mass is 10.1. The zero-order chi connectivity index (χ0) is 21.0. The van der Waals surface area contributed by atoms with Gasteiger partial charge in [0.25, 0.3) is 5.69 Å². The molecule has 0 atom stereocenters. The maximum absolute atomic E-state index is 12.4. The van der Waals surface area contributed by atoms with E-state index >= 15 is 0 Å². The Kier molecular flexibility index (Phi) is 6.50. The number of hydrogen-bond acceptors (Lipinski definition) is 7. The zero-order valence-corrected chi connectivity index (χ0v) is 17.6. The fourth-order valence-corrected chi connectivity index (χ4v) is 3.77. The molecule has 0 amide bonds. The van der Waals surface area contributed by atoms with Crippen LogP contribution in [-0.4, -0.2) is 27.6 Å². The van der Waals surface area contributed by atoms with Crippen LogP contribution in [0.4, 0.5) is 11.4 Å². The number of benzene rings is 2. The number of ether oxygens (including phenoxy) is 1. The van der Waals surface area contributed by atoms with Crippen molar-refractivity contribution in [2.75, 3.05) is 6.61 Å². The van der Waals surface area contributed by atoms with Crippen LogP contribution in [0.1, 0.15) is 12.5 Å². The summed E-state index contributed by atoms with van der Waals surface area (Å²) in [6.45, 7) is 1.82. The molecule has 1 heterocycles. The van der Waals surface area contributed by atoms with Crippen LogP contribution in [0, 0.1) is 10.1 Å².